The first-order valence-corrected chi connectivity index (χ1v) is 5.33. The Bertz CT molecular complexity index is 174. The van der Waals surface area contributed by atoms with Crippen molar-refractivity contribution >= 4 is 12.4 Å². The van der Waals surface area contributed by atoms with Gasteiger partial charge in [-0.1, -0.05) is 0 Å². The van der Waals surface area contributed by atoms with Crippen LogP contribution in [0.1, 0.15) is 19.3 Å². The molecule has 1 heterocycles. The van der Waals surface area contributed by atoms with E-state index < -0.39 is 5.97 Å². The zero-order chi connectivity index (χ0) is 12.1. The first-order chi connectivity index (χ1) is 7.81. The van der Waals surface area contributed by atoms with Crippen LogP contribution in [0.3, 0.4) is 0 Å². The third-order valence-electron chi connectivity index (χ3n) is 1.80. The molecule has 0 atom stereocenters. The van der Waals surface area contributed by atoms with Crippen molar-refractivity contribution in [1.82, 2.24) is 5.32 Å². The molecule has 0 saturated carbocycles. The topological polar surface area (TPSA) is 84.9 Å². The second kappa shape index (κ2) is 12.1. The van der Waals surface area contributed by atoms with Crippen LogP contribution in [0, 0.1) is 0 Å². The van der Waals surface area contributed by atoms with Gasteiger partial charge in [0.25, 0.3) is 0 Å². The van der Waals surface area contributed by atoms with Gasteiger partial charge in [0.1, 0.15) is 0 Å². The van der Waals surface area contributed by atoms with E-state index in [1.54, 1.807) is 0 Å². The van der Waals surface area contributed by atoms with Gasteiger partial charge >= 0.3 is 12.4 Å². The highest BCUT2D eigenvalue weighted by Crippen LogP contribution is 1.98. The standard InChI is InChI=1S/C6H11NO4.C4H8O/c8-4-3-7-2-1-6(10)11-5-9;1-2-4-5-3-1/h5,7-8H,1-4H2;1-4H2. The lowest BCUT2D eigenvalue weighted by atomic mass is 10.4. The van der Waals surface area contributed by atoms with Gasteiger partial charge in [0.2, 0.25) is 0 Å². The summed E-state index contributed by atoms with van der Waals surface area (Å²) in [6.45, 7) is 2.98. The van der Waals surface area contributed by atoms with Crippen molar-refractivity contribution in [2.45, 2.75) is 19.3 Å². The Morgan fingerprint density at radius 3 is 2.50 bits per heavy atom. The summed E-state index contributed by atoms with van der Waals surface area (Å²) in [7, 11) is 0. The molecule has 0 spiro atoms. The predicted octanol–water partition coefficient (Wildman–Crippen LogP) is -0.545. The average molecular weight is 233 g/mol. The van der Waals surface area contributed by atoms with E-state index >= 15 is 0 Å². The zero-order valence-corrected chi connectivity index (χ0v) is 9.31. The summed E-state index contributed by atoms with van der Waals surface area (Å²) in [5, 5.41) is 11.1. The van der Waals surface area contributed by atoms with E-state index in [0.29, 0.717) is 13.1 Å². The van der Waals surface area contributed by atoms with Crippen LogP contribution in [0.15, 0.2) is 0 Å². The van der Waals surface area contributed by atoms with Crippen LogP contribution in [0.2, 0.25) is 0 Å². The van der Waals surface area contributed by atoms with Crippen molar-refractivity contribution in [1.29, 1.82) is 0 Å². The normalized spacial score (nSPS) is 13.8. The maximum atomic E-state index is 10.5. The molecule has 0 aromatic rings. The van der Waals surface area contributed by atoms with Crippen LogP contribution in [0.4, 0.5) is 0 Å². The lowest BCUT2D eigenvalue weighted by Crippen LogP contribution is -2.22. The van der Waals surface area contributed by atoms with E-state index in [1.807, 2.05) is 0 Å². The van der Waals surface area contributed by atoms with Crippen molar-refractivity contribution < 1.29 is 24.2 Å². The number of carbonyl (C=O) groups excluding carboxylic acids is 2. The number of nitrogens with one attached hydrogen (secondary N) is 1. The molecule has 1 aliphatic heterocycles. The number of hydrogen-bond donors (Lipinski definition) is 2. The highest BCUT2D eigenvalue weighted by Gasteiger charge is 1.99. The summed E-state index contributed by atoms with van der Waals surface area (Å²) in [6, 6.07) is 0. The molecule has 0 unspecified atom stereocenters. The molecule has 0 aromatic carbocycles. The minimum Gasteiger partial charge on any atom is -0.395 e. The third kappa shape index (κ3) is 11.1. The van der Waals surface area contributed by atoms with Crippen molar-refractivity contribution in [3.05, 3.63) is 0 Å². The maximum absolute atomic E-state index is 10.5. The van der Waals surface area contributed by atoms with Crippen LogP contribution in [0.25, 0.3) is 0 Å². The van der Waals surface area contributed by atoms with Crippen LogP contribution in [-0.4, -0.2) is 50.5 Å². The van der Waals surface area contributed by atoms with Gasteiger partial charge in [0.05, 0.1) is 13.0 Å². The smallest absolute Gasteiger partial charge is 0.314 e. The van der Waals surface area contributed by atoms with Gasteiger partial charge in [-0.2, -0.15) is 0 Å². The Labute approximate surface area is 94.9 Å². The third-order valence-corrected chi connectivity index (χ3v) is 1.80. The quantitative estimate of drug-likeness (QED) is 0.277. The molecule has 0 aliphatic carbocycles. The van der Waals surface area contributed by atoms with E-state index in [1.165, 1.54) is 12.8 Å². The van der Waals surface area contributed by atoms with Crippen molar-refractivity contribution in [3.63, 3.8) is 0 Å². The molecule has 6 nitrogen and oxygen atoms in total. The maximum Gasteiger partial charge on any atom is 0.314 e. The summed E-state index contributed by atoms with van der Waals surface area (Å²) in [4.78, 5) is 20.1. The largest absolute Gasteiger partial charge is 0.395 e. The Kier molecular flexibility index (Phi) is 11.4. The molecule has 0 aromatic heterocycles. The number of aliphatic hydroxyl groups is 1. The Morgan fingerprint density at radius 2 is 2.06 bits per heavy atom. The summed E-state index contributed by atoms with van der Waals surface area (Å²) >= 11 is 0. The van der Waals surface area contributed by atoms with Crippen molar-refractivity contribution in [2.24, 2.45) is 0 Å². The van der Waals surface area contributed by atoms with Gasteiger partial charge in [0.15, 0.2) is 0 Å². The van der Waals surface area contributed by atoms with Crippen LogP contribution in [-0.2, 0) is 19.1 Å². The molecule has 0 amide bonds. The van der Waals surface area contributed by atoms with E-state index in [2.05, 4.69) is 10.1 Å². The van der Waals surface area contributed by atoms with Crippen LogP contribution in [0.5, 0.6) is 0 Å². The summed E-state index contributed by atoms with van der Waals surface area (Å²) in [5.41, 5.74) is 0. The van der Waals surface area contributed by atoms with Crippen molar-refractivity contribution in [2.75, 3.05) is 32.9 Å². The number of carbonyl (C=O) groups is 2. The van der Waals surface area contributed by atoms with Gasteiger partial charge < -0.3 is 19.9 Å². The number of esters is 1. The fraction of sp³-hybridized carbons (Fsp3) is 0.800. The van der Waals surface area contributed by atoms with E-state index in [0.717, 1.165) is 13.2 Å². The van der Waals surface area contributed by atoms with Gasteiger partial charge in [-0.25, -0.2) is 0 Å². The highest BCUT2D eigenvalue weighted by molar-refractivity contribution is 5.76. The van der Waals surface area contributed by atoms with Crippen LogP contribution >= 0.6 is 0 Å². The fourth-order valence-corrected chi connectivity index (χ4v) is 1.02. The highest BCUT2D eigenvalue weighted by atomic mass is 16.6. The average Bonchev–Trinajstić information content (AvgIpc) is 2.83. The summed E-state index contributed by atoms with van der Waals surface area (Å²) < 4.78 is 8.94. The zero-order valence-electron chi connectivity index (χ0n) is 9.31. The molecule has 0 radical (unpaired) electrons. The second-order valence-electron chi connectivity index (χ2n) is 3.13. The molecular weight excluding hydrogens is 214 g/mol. The van der Waals surface area contributed by atoms with Gasteiger partial charge in [-0.05, 0) is 12.8 Å². The molecule has 94 valence electrons. The molecule has 0 bridgehead atoms. The molecular formula is C10H19NO5. The Balaban J connectivity index is 0.000000368. The SMILES string of the molecule is C1CCOC1.O=COC(=O)CCNCCO. The number of hydrogen-bond acceptors (Lipinski definition) is 6. The molecule has 1 saturated heterocycles. The second-order valence-corrected chi connectivity index (χ2v) is 3.13. The van der Waals surface area contributed by atoms with Crippen LogP contribution < -0.4 is 5.32 Å². The lowest BCUT2D eigenvalue weighted by Gasteiger charge is -1.99. The van der Waals surface area contributed by atoms with Gasteiger partial charge in [0, 0.05) is 26.3 Å². The predicted molar refractivity (Wildman–Crippen MR) is 56.8 cm³/mol. The number of rotatable bonds is 6. The van der Waals surface area contributed by atoms with E-state index in [9.17, 15) is 9.59 Å². The Hall–Kier alpha value is -0.980. The van der Waals surface area contributed by atoms with Gasteiger partial charge in [-0.15, -0.1) is 0 Å². The molecule has 2 N–H and O–H groups in total. The summed E-state index contributed by atoms with van der Waals surface area (Å²) in [5.74, 6) is -0.564. The minimum atomic E-state index is -0.564. The Morgan fingerprint density at radius 1 is 1.38 bits per heavy atom. The lowest BCUT2D eigenvalue weighted by molar-refractivity contribution is -0.151. The van der Waals surface area contributed by atoms with Gasteiger partial charge in [-0.3, -0.25) is 9.59 Å². The number of aliphatic hydroxyl groups excluding tert-OH is 1. The number of ether oxygens (including phenoxy) is 2. The van der Waals surface area contributed by atoms with E-state index in [4.69, 9.17) is 9.84 Å². The molecule has 1 fully saturated rings. The fourth-order valence-electron chi connectivity index (χ4n) is 1.02. The molecule has 1 aliphatic rings. The summed E-state index contributed by atoms with van der Waals surface area (Å²) in [6.07, 6.45) is 2.69. The monoisotopic (exact) mass is 233 g/mol. The molecule has 6 heteroatoms. The first kappa shape index (κ1) is 15.0. The molecule has 1 rings (SSSR count). The minimum absolute atomic E-state index is 0.0305. The van der Waals surface area contributed by atoms with Crippen molar-refractivity contribution in [3.8, 4) is 0 Å². The van der Waals surface area contributed by atoms with E-state index in [-0.39, 0.29) is 19.5 Å². The molecule has 16 heavy (non-hydrogen) atoms. The first-order valence-electron chi connectivity index (χ1n) is 5.33.